The van der Waals surface area contributed by atoms with Crippen molar-refractivity contribution in [3.63, 3.8) is 0 Å². The molecule has 0 amide bonds. The van der Waals surface area contributed by atoms with E-state index in [4.69, 9.17) is 0 Å². The number of nitrogens with zero attached hydrogens (tertiary/aromatic N) is 1. The average Bonchev–Trinajstić information content (AvgIpc) is 1.63. The fraction of sp³-hybridized carbons (Fsp3) is 0.833. The standard InChI is InChI=1S/C6H13NOS/c1-6(8)4-5-9-7(2)3/h4-5H2,1-3H3. The molecule has 0 aromatic rings. The molecule has 2 nitrogen and oxygen atoms in total. The third-order valence-corrected chi connectivity index (χ3v) is 1.71. The summed E-state index contributed by atoms with van der Waals surface area (Å²) in [6.07, 6.45) is 0.683. The molecule has 0 N–H and O–H groups in total. The van der Waals surface area contributed by atoms with Gasteiger partial charge in [-0.15, -0.1) is 0 Å². The molecular weight excluding hydrogens is 134 g/mol. The van der Waals surface area contributed by atoms with Crippen molar-refractivity contribution >= 4 is 17.7 Å². The highest BCUT2D eigenvalue weighted by molar-refractivity contribution is 7.96. The largest absolute Gasteiger partial charge is 0.300 e. The number of ketones is 1. The molecule has 0 atom stereocenters. The van der Waals surface area contributed by atoms with Crippen molar-refractivity contribution in [1.82, 2.24) is 4.31 Å². The van der Waals surface area contributed by atoms with Crippen LogP contribution in [0.15, 0.2) is 0 Å². The van der Waals surface area contributed by atoms with E-state index in [0.717, 1.165) is 5.75 Å². The van der Waals surface area contributed by atoms with E-state index in [1.807, 2.05) is 18.4 Å². The maximum Gasteiger partial charge on any atom is 0.130 e. The molecule has 0 aliphatic rings. The zero-order chi connectivity index (χ0) is 7.28. The lowest BCUT2D eigenvalue weighted by Gasteiger charge is -2.05. The first kappa shape index (κ1) is 8.98. The van der Waals surface area contributed by atoms with Gasteiger partial charge >= 0.3 is 0 Å². The van der Waals surface area contributed by atoms with Crippen LogP contribution in [-0.2, 0) is 4.79 Å². The molecular formula is C6H13NOS. The van der Waals surface area contributed by atoms with Gasteiger partial charge in [0.05, 0.1) is 0 Å². The van der Waals surface area contributed by atoms with Crippen molar-refractivity contribution in [2.75, 3.05) is 19.8 Å². The highest BCUT2D eigenvalue weighted by atomic mass is 32.2. The number of Topliss-reactive ketones (excluding diaryl/α,β-unsaturated/α-hetero) is 1. The van der Waals surface area contributed by atoms with Gasteiger partial charge in [0.25, 0.3) is 0 Å². The summed E-state index contributed by atoms with van der Waals surface area (Å²) in [5.74, 6) is 1.17. The minimum absolute atomic E-state index is 0.268. The van der Waals surface area contributed by atoms with Crippen molar-refractivity contribution < 1.29 is 4.79 Å². The molecule has 0 aromatic carbocycles. The Bertz CT molecular complexity index is 93.1. The molecule has 0 bridgehead atoms. The Hall–Kier alpha value is -0.0200. The minimum Gasteiger partial charge on any atom is -0.300 e. The van der Waals surface area contributed by atoms with Crippen LogP contribution in [0.25, 0.3) is 0 Å². The first-order chi connectivity index (χ1) is 4.13. The maximum atomic E-state index is 10.4. The van der Waals surface area contributed by atoms with Gasteiger partial charge in [0, 0.05) is 12.2 Å². The summed E-state index contributed by atoms with van der Waals surface area (Å²) in [6, 6.07) is 0. The van der Waals surface area contributed by atoms with Gasteiger partial charge in [0.1, 0.15) is 5.78 Å². The van der Waals surface area contributed by atoms with E-state index in [-0.39, 0.29) is 5.78 Å². The summed E-state index contributed by atoms with van der Waals surface area (Å²) in [5.41, 5.74) is 0. The monoisotopic (exact) mass is 147 g/mol. The first-order valence-corrected chi connectivity index (χ1v) is 3.87. The van der Waals surface area contributed by atoms with Crippen LogP contribution in [0.3, 0.4) is 0 Å². The summed E-state index contributed by atoms with van der Waals surface area (Å²) >= 11 is 1.67. The van der Waals surface area contributed by atoms with Gasteiger partial charge in [-0.25, -0.2) is 0 Å². The van der Waals surface area contributed by atoms with Crippen molar-refractivity contribution in [1.29, 1.82) is 0 Å². The Morgan fingerprint density at radius 2 is 2.11 bits per heavy atom. The summed E-state index contributed by atoms with van der Waals surface area (Å²) in [6.45, 7) is 1.62. The van der Waals surface area contributed by atoms with Crippen LogP contribution in [0.5, 0.6) is 0 Å². The van der Waals surface area contributed by atoms with Gasteiger partial charge in [0.2, 0.25) is 0 Å². The molecule has 0 spiro atoms. The van der Waals surface area contributed by atoms with E-state index >= 15 is 0 Å². The molecule has 0 saturated heterocycles. The quantitative estimate of drug-likeness (QED) is 0.557. The number of hydrogen-bond donors (Lipinski definition) is 0. The molecule has 3 heteroatoms. The fourth-order valence-corrected chi connectivity index (χ4v) is 1.12. The molecule has 0 heterocycles. The molecule has 54 valence electrons. The van der Waals surface area contributed by atoms with E-state index in [0.29, 0.717) is 6.42 Å². The lowest BCUT2D eigenvalue weighted by atomic mass is 10.4. The van der Waals surface area contributed by atoms with Crippen LogP contribution in [0.4, 0.5) is 0 Å². The second-order valence-corrected chi connectivity index (χ2v) is 3.49. The molecule has 0 aliphatic heterocycles. The van der Waals surface area contributed by atoms with Crippen LogP contribution in [0.1, 0.15) is 13.3 Å². The predicted octanol–water partition coefficient (Wildman–Crippen LogP) is 1.18. The minimum atomic E-state index is 0.268. The maximum absolute atomic E-state index is 10.4. The van der Waals surface area contributed by atoms with Gasteiger partial charge in [-0.3, -0.25) is 9.10 Å². The van der Waals surface area contributed by atoms with Crippen molar-refractivity contribution in [3.05, 3.63) is 0 Å². The molecule has 0 radical (unpaired) electrons. The second-order valence-electron chi connectivity index (χ2n) is 2.10. The van der Waals surface area contributed by atoms with E-state index in [1.54, 1.807) is 18.9 Å². The van der Waals surface area contributed by atoms with Crippen LogP contribution in [0, 0.1) is 0 Å². The normalized spacial score (nSPS) is 10.2. The van der Waals surface area contributed by atoms with Crippen LogP contribution in [0.2, 0.25) is 0 Å². The van der Waals surface area contributed by atoms with E-state index in [9.17, 15) is 4.79 Å². The van der Waals surface area contributed by atoms with Crippen molar-refractivity contribution in [3.8, 4) is 0 Å². The Morgan fingerprint density at radius 1 is 1.56 bits per heavy atom. The highest BCUT2D eigenvalue weighted by Crippen LogP contribution is 2.04. The Morgan fingerprint density at radius 3 is 2.44 bits per heavy atom. The summed E-state index contributed by atoms with van der Waals surface area (Å²) in [5, 5.41) is 0. The predicted molar refractivity (Wildman–Crippen MR) is 41.4 cm³/mol. The van der Waals surface area contributed by atoms with Gasteiger partial charge in [0.15, 0.2) is 0 Å². The third-order valence-electron chi connectivity index (χ3n) is 0.804. The molecule has 0 rings (SSSR count). The summed E-state index contributed by atoms with van der Waals surface area (Å²) in [7, 11) is 3.95. The Balaban J connectivity index is 3.01. The first-order valence-electron chi connectivity index (χ1n) is 2.92. The van der Waals surface area contributed by atoms with Crippen LogP contribution >= 0.6 is 11.9 Å². The van der Waals surface area contributed by atoms with Gasteiger partial charge in [-0.1, -0.05) is 11.9 Å². The number of rotatable bonds is 4. The van der Waals surface area contributed by atoms with Crippen molar-refractivity contribution in [2.45, 2.75) is 13.3 Å². The SMILES string of the molecule is CC(=O)CCSN(C)C. The van der Waals surface area contributed by atoms with Crippen molar-refractivity contribution in [2.24, 2.45) is 0 Å². The third kappa shape index (κ3) is 7.98. The van der Waals surface area contributed by atoms with Gasteiger partial charge in [-0.05, 0) is 21.0 Å². The average molecular weight is 147 g/mol. The smallest absolute Gasteiger partial charge is 0.130 e. The second kappa shape index (κ2) is 4.82. The Labute approximate surface area is 60.7 Å². The summed E-state index contributed by atoms with van der Waals surface area (Å²) in [4.78, 5) is 10.4. The van der Waals surface area contributed by atoms with Gasteiger partial charge in [-0.2, -0.15) is 0 Å². The van der Waals surface area contributed by atoms with E-state index in [2.05, 4.69) is 0 Å². The van der Waals surface area contributed by atoms with Crippen LogP contribution in [-0.4, -0.2) is 29.9 Å². The zero-order valence-corrected chi connectivity index (χ0v) is 6.99. The van der Waals surface area contributed by atoms with Crippen LogP contribution < -0.4 is 0 Å². The van der Waals surface area contributed by atoms with E-state index < -0.39 is 0 Å². The fourth-order valence-electron chi connectivity index (χ4n) is 0.372. The number of carbonyl (C=O) groups excluding carboxylic acids is 1. The molecule has 0 fully saturated rings. The van der Waals surface area contributed by atoms with Gasteiger partial charge < -0.3 is 0 Å². The lowest BCUT2D eigenvalue weighted by molar-refractivity contribution is -0.116. The zero-order valence-electron chi connectivity index (χ0n) is 6.18. The molecule has 0 aromatic heterocycles. The molecule has 0 saturated carbocycles. The highest BCUT2D eigenvalue weighted by Gasteiger charge is 1.93. The molecule has 0 unspecified atom stereocenters. The van der Waals surface area contributed by atoms with E-state index in [1.165, 1.54) is 0 Å². The topological polar surface area (TPSA) is 20.3 Å². The summed E-state index contributed by atoms with van der Waals surface area (Å²) < 4.78 is 2.00. The lowest BCUT2D eigenvalue weighted by Crippen LogP contribution is -2.02. The molecule has 9 heavy (non-hydrogen) atoms. The Kier molecular flexibility index (Phi) is 4.81. The molecule has 0 aliphatic carbocycles. The number of hydrogen-bond acceptors (Lipinski definition) is 3. The number of carbonyl (C=O) groups is 1.